The average Bonchev–Trinajstić information content (AvgIpc) is 2.32. The highest BCUT2D eigenvalue weighted by atomic mass is 32.2. The number of thioether (sulfide) groups is 1. The zero-order valence-electron chi connectivity index (χ0n) is 8.16. The third-order valence-corrected chi connectivity index (χ3v) is 3.88. The van der Waals surface area contributed by atoms with E-state index in [1.165, 1.54) is 6.42 Å². The molecule has 0 aromatic carbocycles. The topological polar surface area (TPSA) is 23.5 Å². The fraction of sp³-hybridized carbons (Fsp3) is 1.00. The average molecular weight is 189 g/mol. The summed E-state index contributed by atoms with van der Waals surface area (Å²) < 4.78 is 0. The SMILES string of the molecule is CC(C)CC1SCC(CO)N1C. The van der Waals surface area contributed by atoms with E-state index in [-0.39, 0.29) is 0 Å². The van der Waals surface area contributed by atoms with Crippen molar-refractivity contribution in [3.8, 4) is 0 Å². The zero-order valence-corrected chi connectivity index (χ0v) is 8.97. The fourth-order valence-corrected chi connectivity index (χ4v) is 3.22. The fourth-order valence-electron chi connectivity index (χ4n) is 1.51. The first-order chi connectivity index (χ1) is 5.65. The van der Waals surface area contributed by atoms with Gasteiger partial charge in [-0.3, -0.25) is 4.90 Å². The van der Waals surface area contributed by atoms with Gasteiger partial charge < -0.3 is 5.11 Å². The van der Waals surface area contributed by atoms with Gasteiger partial charge in [-0.25, -0.2) is 0 Å². The van der Waals surface area contributed by atoms with Gasteiger partial charge in [-0.1, -0.05) is 13.8 Å². The first-order valence-corrected chi connectivity index (χ1v) is 5.64. The molecule has 1 N–H and O–H groups in total. The van der Waals surface area contributed by atoms with Crippen molar-refractivity contribution in [1.82, 2.24) is 4.90 Å². The molecule has 72 valence electrons. The lowest BCUT2D eigenvalue weighted by Crippen LogP contribution is -2.35. The standard InChI is InChI=1S/C9H19NOS/c1-7(2)4-9-10(3)8(5-11)6-12-9/h7-9,11H,4-6H2,1-3H3. The Balaban J connectivity index is 2.38. The molecule has 2 unspecified atom stereocenters. The number of hydrogen-bond donors (Lipinski definition) is 1. The monoisotopic (exact) mass is 189 g/mol. The lowest BCUT2D eigenvalue weighted by molar-refractivity contribution is 0.157. The summed E-state index contributed by atoms with van der Waals surface area (Å²) in [6.07, 6.45) is 1.23. The molecule has 0 spiro atoms. The minimum absolute atomic E-state index is 0.304. The van der Waals surface area contributed by atoms with Gasteiger partial charge in [0.2, 0.25) is 0 Å². The van der Waals surface area contributed by atoms with Crippen molar-refractivity contribution in [3.05, 3.63) is 0 Å². The molecule has 1 heterocycles. The molecule has 0 saturated carbocycles. The van der Waals surface area contributed by atoms with E-state index in [0.29, 0.717) is 18.0 Å². The highest BCUT2D eigenvalue weighted by Gasteiger charge is 2.30. The summed E-state index contributed by atoms with van der Waals surface area (Å²) in [5, 5.41) is 9.66. The maximum absolute atomic E-state index is 9.03. The Morgan fingerprint density at radius 2 is 2.25 bits per heavy atom. The Bertz CT molecular complexity index is 140. The van der Waals surface area contributed by atoms with Crippen molar-refractivity contribution in [2.45, 2.75) is 31.7 Å². The van der Waals surface area contributed by atoms with E-state index in [1.807, 2.05) is 11.8 Å². The minimum atomic E-state index is 0.304. The largest absolute Gasteiger partial charge is 0.395 e. The van der Waals surface area contributed by atoms with Crippen LogP contribution in [0.4, 0.5) is 0 Å². The van der Waals surface area contributed by atoms with E-state index in [1.54, 1.807) is 0 Å². The molecule has 0 aromatic heterocycles. The van der Waals surface area contributed by atoms with E-state index >= 15 is 0 Å². The molecule has 1 aliphatic rings. The predicted molar refractivity (Wildman–Crippen MR) is 54.3 cm³/mol. The highest BCUT2D eigenvalue weighted by Crippen LogP contribution is 2.31. The molecule has 12 heavy (non-hydrogen) atoms. The molecule has 1 rings (SSSR count). The van der Waals surface area contributed by atoms with Crippen molar-refractivity contribution in [3.63, 3.8) is 0 Å². The summed E-state index contributed by atoms with van der Waals surface area (Å²) in [5.41, 5.74) is 0. The first-order valence-electron chi connectivity index (χ1n) is 4.59. The predicted octanol–water partition coefficient (Wildman–Crippen LogP) is 1.40. The Labute approximate surface area is 79.3 Å². The number of hydrogen-bond acceptors (Lipinski definition) is 3. The lowest BCUT2D eigenvalue weighted by Gasteiger charge is -2.24. The van der Waals surface area contributed by atoms with Crippen LogP contribution in [0.1, 0.15) is 20.3 Å². The zero-order chi connectivity index (χ0) is 9.14. The second kappa shape index (κ2) is 4.49. The molecule has 2 nitrogen and oxygen atoms in total. The van der Waals surface area contributed by atoms with Gasteiger partial charge in [-0.2, -0.15) is 0 Å². The molecule has 0 aliphatic carbocycles. The molecule has 0 bridgehead atoms. The number of rotatable bonds is 3. The van der Waals surface area contributed by atoms with E-state index in [9.17, 15) is 0 Å². The molecule has 1 aliphatic heterocycles. The number of aliphatic hydroxyl groups is 1. The van der Waals surface area contributed by atoms with Crippen molar-refractivity contribution in [2.75, 3.05) is 19.4 Å². The summed E-state index contributed by atoms with van der Waals surface area (Å²) >= 11 is 1.98. The lowest BCUT2D eigenvalue weighted by atomic mass is 10.1. The van der Waals surface area contributed by atoms with Gasteiger partial charge in [0.1, 0.15) is 0 Å². The van der Waals surface area contributed by atoms with Gasteiger partial charge >= 0.3 is 0 Å². The van der Waals surface area contributed by atoms with E-state index in [0.717, 1.165) is 11.7 Å². The summed E-state index contributed by atoms with van der Waals surface area (Å²) in [6, 6.07) is 0.388. The van der Waals surface area contributed by atoms with E-state index < -0.39 is 0 Å². The van der Waals surface area contributed by atoms with Crippen LogP contribution in [0.3, 0.4) is 0 Å². The van der Waals surface area contributed by atoms with Crippen molar-refractivity contribution in [2.24, 2.45) is 5.92 Å². The maximum atomic E-state index is 9.03. The summed E-state index contributed by atoms with van der Waals surface area (Å²) in [6.45, 7) is 4.80. The minimum Gasteiger partial charge on any atom is -0.395 e. The highest BCUT2D eigenvalue weighted by molar-refractivity contribution is 8.00. The van der Waals surface area contributed by atoms with E-state index in [4.69, 9.17) is 5.11 Å². The maximum Gasteiger partial charge on any atom is 0.0595 e. The normalized spacial score (nSPS) is 31.8. The Hall–Kier alpha value is 0.270. The van der Waals surface area contributed by atoms with Crippen LogP contribution in [0.5, 0.6) is 0 Å². The van der Waals surface area contributed by atoms with Gasteiger partial charge in [0.25, 0.3) is 0 Å². The molecule has 0 amide bonds. The summed E-state index contributed by atoms with van der Waals surface area (Å²) in [7, 11) is 2.12. The third-order valence-electron chi connectivity index (χ3n) is 2.40. The molecule has 0 aromatic rings. The van der Waals surface area contributed by atoms with Crippen LogP contribution in [0.25, 0.3) is 0 Å². The van der Waals surface area contributed by atoms with Crippen molar-refractivity contribution < 1.29 is 5.11 Å². The molecule has 2 atom stereocenters. The van der Waals surface area contributed by atoms with Crippen molar-refractivity contribution >= 4 is 11.8 Å². The first kappa shape index (κ1) is 10.4. The molecular weight excluding hydrogens is 170 g/mol. The number of aliphatic hydroxyl groups excluding tert-OH is 1. The van der Waals surface area contributed by atoms with Gasteiger partial charge in [-0.15, -0.1) is 11.8 Å². The van der Waals surface area contributed by atoms with Crippen LogP contribution in [0, 0.1) is 5.92 Å². The second-order valence-corrected chi connectivity index (χ2v) is 5.13. The summed E-state index contributed by atoms with van der Waals surface area (Å²) in [4.78, 5) is 2.31. The van der Waals surface area contributed by atoms with Gasteiger partial charge in [-0.05, 0) is 19.4 Å². The van der Waals surface area contributed by atoms with Crippen molar-refractivity contribution in [1.29, 1.82) is 0 Å². The van der Waals surface area contributed by atoms with Crippen LogP contribution in [-0.2, 0) is 0 Å². The molecular formula is C9H19NOS. The number of nitrogens with zero attached hydrogens (tertiary/aromatic N) is 1. The van der Waals surface area contributed by atoms with Crippen LogP contribution in [-0.4, -0.2) is 40.8 Å². The second-order valence-electron chi connectivity index (χ2n) is 3.92. The van der Waals surface area contributed by atoms with Gasteiger partial charge in [0.05, 0.1) is 12.0 Å². The molecule has 3 heteroatoms. The molecule has 1 fully saturated rings. The van der Waals surface area contributed by atoms with Crippen LogP contribution in [0.15, 0.2) is 0 Å². The summed E-state index contributed by atoms with van der Waals surface area (Å²) in [5.74, 6) is 1.84. The van der Waals surface area contributed by atoms with Gasteiger partial charge in [0, 0.05) is 11.8 Å². The molecule has 1 saturated heterocycles. The van der Waals surface area contributed by atoms with Crippen LogP contribution in [0.2, 0.25) is 0 Å². The van der Waals surface area contributed by atoms with E-state index in [2.05, 4.69) is 25.8 Å². The Morgan fingerprint density at radius 1 is 1.58 bits per heavy atom. The smallest absolute Gasteiger partial charge is 0.0595 e. The Morgan fingerprint density at radius 3 is 2.67 bits per heavy atom. The molecule has 0 radical (unpaired) electrons. The van der Waals surface area contributed by atoms with Gasteiger partial charge in [0.15, 0.2) is 0 Å². The number of likely N-dealkylation sites (N-methyl/N-ethyl adjacent to an activating group) is 1. The Kier molecular flexibility index (Phi) is 3.87. The van der Waals surface area contributed by atoms with Crippen LogP contribution >= 0.6 is 11.8 Å². The quantitative estimate of drug-likeness (QED) is 0.726. The third kappa shape index (κ3) is 2.38. The van der Waals surface area contributed by atoms with Crippen LogP contribution < -0.4 is 0 Å².